The van der Waals surface area contributed by atoms with Gasteiger partial charge < -0.3 is 10.2 Å². The molecule has 40 heavy (non-hydrogen) atoms. The van der Waals surface area contributed by atoms with Gasteiger partial charge in [-0.25, -0.2) is 0 Å². The number of aliphatic hydroxyl groups excluding tert-OH is 2. The van der Waals surface area contributed by atoms with Crippen molar-refractivity contribution in [1.82, 2.24) is 0 Å². The molecule has 1 fully saturated rings. The van der Waals surface area contributed by atoms with E-state index >= 15 is 4.79 Å². The van der Waals surface area contributed by atoms with Crippen molar-refractivity contribution in [3.8, 4) is 0 Å². The van der Waals surface area contributed by atoms with Gasteiger partial charge in [0.25, 0.3) is 0 Å². The van der Waals surface area contributed by atoms with E-state index in [4.69, 9.17) is 0 Å². The molecule has 2 N–H and O–H groups in total. The van der Waals surface area contributed by atoms with Crippen LogP contribution in [0.1, 0.15) is 108 Å². The van der Waals surface area contributed by atoms with Crippen LogP contribution in [-0.4, -0.2) is 34.2 Å². The van der Waals surface area contributed by atoms with Crippen LogP contribution >= 0.6 is 0 Å². The topological polar surface area (TPSA) is 91.7 Å². The van der Waals surface area contributed by atoms with Crippen molar-refractivity contribution in [3.63, 3.8) is 0 Å². The van der Waals surface area contributed by atoms with Gasteiger partial charge in [-0.05, 0) is 98.3 Å². The first-order chi connectivity index (χ1) is 18.5. The first kappa shape index (κ1) is 33.7. The lowest BCUT2D eigenvalue weighted by molar-refractivity contribution is -0.180. The smallest absolute Gasteiger partial charge is 0.184 e. The van der Waals surface area contributed by atoms with E-state index in [0.29, 0.717) is 31.3 Å². The Kier molecular flexibility index (Phi) is 10.9. The van der Waals surface area contributed by atoms with Crippen LogP contribution in [-0.2, 0) is 14.4 Å². The normalized spacial score (nSPS) is 28.5. The van der Waals surface area contributed by atoms with Crippen LogP contribution in [0.4, 0.5) is 0 Å². The number of Topliss-reactive ketones (excluding diaryl/α,β-unsaturated/α-hetero) is 3. The summed E-state index contributed by atoms with van der Waals surface area (Å²) >= 11 is 0. The van der Waals surface area contributed by atoms with Crippen molar-refractivity contribution in [2.24, 2.45) is 28.1 Å². The summed E-state index contributed by atoms with van der Waals surface area (Å²) in [6, 6.07) is 0. The second-order valence-electron chi connectivity index (χ2n) is 13.4. The van der Waals surface area contributed by atoms with Crippen molar-refractivity contribution in [2.45, 2.75) is 108 Å². The molecule has 0 radical (unpaired) electrons. The highest BCUT2D eigenvalue weighted by Crippen LogP contribution is 2.67. The Hall–Kier alpha value is -2.53. The highest BCUT2D eigenvalue weighted by Gasteiger charge is 2.75. The van der Waals surface area contributed by atoms with E-state index in [0.717, 1.165) is 16.7 Å². The quantitative estimate of drug-likeness (QED) is 0.189. The number of carbonyl (C=O) groups is 3. The summed E-state index contributed by atoms with van der Waals surface area (Å²) in [6.07, 6.45) is 10.4. The van der Waals surface area contributed by atoms with Crippen LogP contribution in [0.2, 0.25) is 0 Å². The molecule has 0 amide bonds. The zero-order valence-corrected chi connectivity index (χ0v) is 26.5. The number of aliphatic hydroxyl groups is 2. The Labute approximate surface area is 242 Å². The van der Waals surface area contributed by atoms with Gasteiger partial charge in [0.05, 0.1) is 12.0 Å². The van der Waals surface area contributed by atoms with Crippen LogP contribution in [0.15, 0.2) is 57.9 Å². The van der Waals surface area contributed by atoms with E-state index in [1.54, 1.807) is 26.8 Å². The molecular weight excluding hydrogens is 500 g/mol. The number of ketones is 3. The second-order valence-corrected chi connectivity index (χ2v) is 13.4. The molecule has 2 rings (SSSR count). The molecule has 2 bridgehead atoms. The Balaban J connectivity index is 3.09. The summed E-state index contributed by atoms with van der Waals surface area (Å²) in [4.78, 5) is 44.3. The fraction of sp³-hybridized carbons (Fsp3) is 0.629. The fourth-order valence-corrected chi connectivity index (χ4v) is 6.75. The zero-order valence-electron chi connectivity index (χ0n) is 26.5. The van der Waals surface area contributed by atoms with E-state index < -0.39 is 33.7 Å². The summed E-state index contributed by atoms with van der Waals surface area (Å²) in [5.74, 6) is -2.25. The van der Waals surface area contributed by atoms with Crippen LogP contribution in [0.3, 0.4) is 0 Å². The molecule has 2 aliphatic carbocycles. The lowest BCUT2D eigenvalue weighted by Crippen LogP contribution is -2.71. The molecule has 5 heteroatoms. The summed E-state index contributed by atoms with van der Waals surface area (Å²) in [6.45, 7) is 19.1. The monoisotopic (exact) mass is 552 g/mol. The van der Waals surface area contributed by atoms with Gasteiger partial charge in [-0.1, -0.05) is 67.4 Å². The third-order valence-corrected chi connectivity index (χ3v) is 9.17. The number of fused-ring (bicyclic) bond motifs is 2. The zero-order chi connectivity index (χ0) is 30.6. The Morgan fingerprint density at radius 3 is 2.02 bits per heavy atom. The molecule has 0 spiro atoms. The molecule has 0 aromatic heterocycles. The predicted molar refractivity (Wildman–Crippen MR) is 163 cm³/mol. The van der Waals surface area contributed by atoms with Crippen LogP contribution in [0.5, 0.6) is 0 Å². The van der Waals surface area contributed by atoms with Gasteiger partial charge in [0.15, 0.2) is 22.8 Å². The van der Waals surface area contributed by atoms with Gasteiger partial charge in [0.2, 0.25) is 0 Å². The van der Waals surface area contributed by atoms with Crippen LogP contribution in [0, 0.1) is 28.1 Å². The highest BCUT2D eigenvalue weighted by atomic mass is 16.3. The van der Waals surface area contributed by atoms with E-state index in [1.165, 1.54) is 0 Å². The van der Waals surface area contributed by atoms with Gasteiger partial charge in [0, 0.05) is 11.5 Å². The Morgan fingerprint density at radius 2 is 1.52 bits per heavy atom. The number of rotatable bonds is 12. The van der Waals surface area contributed by atoms with Crippen molar-refractivity contribution in [1.29, 1.82) is 0 Å². The molecule has 0 unspecified atom stereocenters. The first-order valence-corrected chi connectivity index (χ1v) is 14.8. The summed E-state index contributed by atoms with van der Waals surface area (Å²) in [5.41, 5.74) is -0.128. The first-order valence-electron chi connectivity index (χ1n) is 14.8. The van der Waals surface area contributed by atoms with Crippen LogP contribution in [0.25, 0.3) is 0 Å². The van der Waals surface area contributed by atoms with E-state index in [-0.39, 0.29) is 42.5 Å². The van der Waals surface area contributed by atoms with Crippen molar-refractivity contribution in [2.75, 3.05) is 6.61 Å². The minimum absolute atomic E-state index is 0.0662. The molecule has 4 atom stereocenters. The lowest BCUT2D eigenvalue weighted by Gasteiger charge is -2.61. The predicted octanol–water partition coefficient (Wildman–Crippen LogP) is 7.96. The minimum atomic E-state index is -1.90. The average molecular weight is 553 g/mol. The largest absolute Gasteiger partial charge is 0.511 e. The molecule has 0 heterocycles. The fourth-order valence-electron chi connectivity index (χ4n) is 6.75. The van der Waals surface area contributed by atoms with Gasteiger partial charge in [0.1, 0.15) is 5.76 Å². The molecule has 0 aromatic rings. The summed E-state index contributed by atoms with van der Waals surface area (Å²) < 4.78 is 0. The standard InChI is InChI=1S/C35H52O5/c1-22(2)12-11-18-33(10)27(15-13-23(3)4)20-34(19-17-24(5)6)30(38)28(16-14-26(9)21-36)31(39)35(33,32(34)40)29(37)25(7)8/h12-14,17,25,27,36,38H,11,15-16,18-21H2,1-10H3/b26-14+/t27-,33-,34-,35+/m1/s1. The summed E-state index contributed by atoms with van der Waals surface area (Å²) in [7, 11) is 0. The van der Waals surface area contributed by atoms with E-state index in [1.807, 2.05) is 54.5 Å². The lowest BCUT2D eigenvalue weighted by atomic mass is 9.38. The maximum absolute atomic E-state index is 15.0. The van der Waals surface area contributed by atoms with Gasteiger partial charge in [-0.15, -0.1) is 0 Å². The van der Waals surface area contributed by atoms with E-state index in [2.05, 4.69) is 12.2 Å². The SMILES string of the molecule is CC(C)=CCC[C@]1(C)[C@H](CC=C(C)C)C[C@@]2(CC=C(C)C)C(=O)[C@]1(C(=O)C(C)C)C(=O)C(C/C=C(\C)CO)=C2O. The minimum Gasteiger partial charge on any atom is -0.511 e. The van der Waals surface area contributed by atoms with Gasteiger partial charge >= 0.3 is 0 Å². The maximum atomic E-state index is 15.0. The van der Waals surface area contributed by atoms with E-state index in [9.17, 15) is 19.8 Å². The molecule has 0 saturated heterocycles. The van der Waals surface area contributed by atoms with Crippen molar-refractivity contribution >= 4 is 17.3 Å². The van der Waals surface area contributed by atoms with Crippen LogP contribution < -0.4 is 0 Å². The Morgan fingerprint density at radius 1 is 0.950 bits per heavy atom. The average Bonchev–Trinajstić information content (AvgIpc) is 2.86. The van der Waals surface area contributed by atoms with Crippen molar-refractivity contribution < 1.29 is 24.6 Å². The molecule has 5 nitrogen and oxygen atoms in total. The number of allylic oxidation sites excluding steroid dienone is 9. The molecule has 0 aliphatic heterocycles. The molecular formula is C35H52O5. The molecule has 0 aromatic carbocycles. The maximum Gasteiger partial charge on any atom is 0.184 e. The summed E-state index contributed by atoms with van der Waals surface area (Å²) in [5, 5.41) is 21.5. The van der Waals surface area contributed by atoms with Gasteiger partial charge in [-0.2, -0.15) is 0 Å². The Bertz CT molecular complexity index is 1160. The third kappa shape index (κ3) is 5.91. The third-order valence-electron chi connectivity index (χ3n) is 9.17. The highest BCUT2D eigenvalue weighted by molar-refractivity contribution is 6.33. The van der Waals surface area contributed by atoms with Gasteiger partial charge in [-0.3, -0.25) is 14.4 Å². The molecule has 222 valence electrons. The number of hydrogen-bond donors (Lipinski definition) is 2. The second kappa shape index (κ2) is 13.0. The number of carbonyl (C=O) groups excluding carboxylic acids is 3. The number of hydrogen-bond acceptors (Lipinski definition) is 5. The molecule has 2 aliphatic rings. The molecule has 1 saturated carbocycles. The van der Waals surface area contributed by atoms with Crippen molar-refractivity contribution in [3.05, 3.63) is 57.9 Å².